The molecule has 1 N–H and O–H groups in total. The van der Waals surface area contributed by atoms with Gasteiger partial charge < -0.3 is 0 Å². The molecular weight excluding hydrogens is 322 g/mol. The Hall–Kier alpha value is -2.80. The van der Waals surface area contributed by atoms with Crippen molar-refractivity contribution in [2.75, 3.05) is 5.32 Å². The fourth-order valence-electron chi connectivity index (χ4n) is 2.37. The molecule has 0 bridgehead atoms. The molecule has 0 atom stereocenters. The first-order valence-corrected chi connectivity index (χ1v) is 8.27. The molecule has 3 aromatic rings. The molecule has 0 aliphatic rings. The minimum Gasteiger partial charge on any atom is -0.297 e. The van der Waals surface area contributed by atoms with Crippen molar-refractivity contribution in [3.8, 4) is 5.69 Å². The summed E-state index contributed by atoms with van der Waals surface area (Å²) in [6.07, 6.45) is 3.27. The van der Waals surface area contributed by atoms with Gasteiger partial charge in [0.25, 0.3) is 0 Å². The van der Waals surface area contributed by atoms with Gasteiger partial charge in [-0.25, -0.2) is 4.68 Å². The van der Waals surface area contributed by atoms with Crippen molar-refractivity contribution in [2.24, 2.45) is 0 Å². The second kappa shape index (κ2) is 6.76. The SMILES string of the molecule is Cc1nnc(NC(=O)/C=C/c2c(C)nn(-c3ccccc3)c2C)s1. The van der Waals surface area contributed by atoms with Gasteiger partial charge in [-0.1, -0.05) is 29.5 Å². The second-order valence-electron chi connectivity index (χ2n) is 5.28. The van der Waals surface area contributed by atoms with Crippen molar-refractivity contribution in [3.05, 3.63) is 58.4 Å². The zero-order valence-corrected chi connectivity index (χ0v) is 14.5. The number of aryl methyl sites for hydroxylation is 2. The minimum atomic E-state index is -0.239. The highest BCUT2D eigenvalue weighted by atomic mass is 32.1. The number of benzene rings is 1. The molecule has 24 heavy (non-hydrogen) atoms. The van der Waals surface area contributed by atoms with Crippen molar-refractivity contribution in [3.63, 3.8) is 0 Å². The molecule has 0 unspecified atom stereocenters. The van der Waals surface area contributed by atoms with Crippen LogP contribution in [0.3, 0.4) is 0 Å². The third-order valence-corrected chi connectivity index (χ3v) is 4.26. The lowest BCUT2D eigenvalue weighted by atomic mass is 10.2. The number of para-hydroxylation sites is 1. The molecule has 1 amide bonds. The Morgan fingerprint density at radius 1 is 1.17 bits per heavy atom. The second-order valence-corrected chi connectivity index (χ2v) is 6.46. The monoisotopic (exact) mass is 339 g/mol. The van der Waals surface area contributed by atoms with E-state index in [0.717, 1.165) is 27.6 Å². The highest BCUT2D eigenvalue weighted by Crippen LogP contribution is 2.19. The molecule has 3 rings (SSSR count). The molecule has 0 saturated carbocycles. The number of nitrogens with one attached hydrogen (secondary N) is 1. The van der Waals surface area contributed by atoms with E-state index < -0.39 is 0 Å². The predicted molar refractivity (Wildman–Crippen MR) is 95.3 cm³/mol. The molecular formula is C17H17N5OS. The number of carbonyl (C=O) groups is 1. The number of nitrogens with zero attached hydrogens (tertiary/aromatic N) is 4. The molecule has 2 aromatic heterocycles. The molecule has 122 valence electrons. The average molecular weight is 339 g/mol. The molecule has 7 heteroatoms. The zero-order chi connectivity index (χ0) is 17.1. The number of amides is 1. The molecule has 2 heterocycles. The minimum absolute atomic E-state index is 0.239. The normalized spacial score (nSPS) is 11.1. The third kappa shape index (κ3) is 3.41. The highest BCUT2D eigenvalue weighted by molar-refractivity contribution is 7.15. The number of hydrogen-bond donors (Lipinski definition) is 1. The van der Waals surface area contributed by atoms with Gasteiger partial charge in [0.05, 0.1) is 11.4 Å². The van der Waals surface area contributed by atoms with Gasteiger partial charge in [0.2, 0.25) is 11.0 Å². The lowest BCUT2D eigenvalue weighted by Gasteiger charge is -2.03. The molecule has 0 spiro atoms. The van der Waals surface area contributed by atoms with Crippen LogP contribution >= 0.6 is 11.3 Å². The Morgan fingerprint density at radius 2 is 1.92 bits per heavy atom. The van der Waals surface area contributed by atoms with E-state index in [9.17, 15) is 4.79 Å². The lowest BCUT2D eigenvalue weighted by Crippen LogP contribution is -2.07. The van der Waals surface area contributed by atoms with E-state index in [4.69, 9.17) is 0 Å². The van der Waals surface area contributed by atoms with Crippen LogP contribution in [0, 0.1) is 20.8 Å². The molecule has 1 aromatic carbocycles. The highest BCUT2D eigenvalue weighted by Gasteiger charge is 2.11. The number of rotatable bonds is 4. The molecule has 0 aliphatic heterocycles. The van der Waals surface area contributed by atoms with Crippen molar-refractivity contribution < 1.29 is 4.79 Å². The van der Waals surface area contributed by atoms with Gasteiger partial charge >= 0.3 is 0 Å². The number of hydrogen-bond acceptors (Lipinski definition) is 5. The van der Waals surface area contributed by atoms with Gasteiger partial charge in [0.15, 0.2) is 0 Å². The first kappa shape index (κ1) is 16.1. The summed E-state index contributed by atoms with van der Waals surface area (Å²) in [6, 6.07) is 9.90. The van der Waals surface area contributed by atoms with Crippen molar-refractivity contribution in [1.29, 1.82) is 0 Å². The van der Waals surface area contributed by atoms with Crippen molar-refractivity contribution in [2.45, 2.75) is 20.8 Å². The van der Waals surface area contributed by atoms with Crippen molar-refractivity contribution >= 4 is 28.5 Å². The van der Waals surface area contributed by atoms with Crippen LogP contribution in [0.25, 0.3) is 11.8 Å². The average Bonchev–Trinajstić information content (AvgIpc) is 3.10. The van der Waals surface area contributed by atoms with Crippen LogP contribution in [0.4, 0.5) is 5.13 Å². The maximum atomic E-state index is 12.0. The lowest BCUT2D eigenvalue weighted by molar-refractivity contribution is -0.111. The molecule has 0 radical (unpaired) electrons. The van der Waals surface area contributed by atoms with E-state index in [1.54, 1.807) is 6.08 Å². The van der Waals surface area contributed by atoms with Crippen LogP contribution in [0.1, 0.15) is 22.0 Å². The molecule has 0 saturated heterocycles. The van der Waals surface area contributed by atoms with E-state index in [2.05, 4.69) is 20.6 Å². The largest absolute Gasteiger partial charge is 0.297 e. The summed E-state index contributed by atoms with van der Waals surface area (Å²) in [4.78, 5) is 12.0. The number of carbonyl (C=O) groups excluding carboxylic acids is 1. The van der Waals surface area contributed by atoms with E-state index in [1.807, 2.05) is 55.8 Å². The first-order chi connectivity index (χ1) is 11.5. The fourth-order valence-corrected chi connectivity index (χ4v) is 2.96. The van der Waals surface area contributed by atoms with Crippen LogP contribution in [-0.4, -0.2) is 25.9 Å². The molecule has 0 aliphatic carbocycles. The van der Waals surface area contributed by atoms with Gasteiger partial charge in [-0.05, 0) is 39.0 Å². The van der Waals surface area contributed by atoms with Crippen LogP contribution in [-0.2, 0) is 4.79 Å². The Bertz CT molecular complexity index is 895. The Balaban J connectivity index is 1.80. The number of anilines is 1. The summed E-state index contributed by atoms with van der Waals surface area (Å²) in [6.45, 7) is 5.75. The molecule has 6 nitrogen and oxygen atoms in total. The predicted octanol–water partition coefficient (Wildman–Crippen LogP) is 3.30. The van der Waals surface area contributed by atoms with Gasteiger partial charge in [-0.2, -0.15) is 5.10 Å². The van der Waals surface area contributed by atoms with Crippen LogP contribution in [0.5, 0.6) is 0 Å². The van der Waals surface area contributed by atoms with Crippen molar-refractivity contribution in [1.82, 2.24) is 20.0 Å². The van der Waals surface area contributed by atoms with Gasteiger partial charge in [0, 0.05) is 17.3 Å². The Kier molecular flexibility index (Phi) is 4.52. The van der Waals surface area contributed by atoms with E-state index in [-0.39, 0.29) is 5.91 Å². The first-order valence-electron chi connectivity index (χ1n) is 7.45. The summed E-state index contributed by atoms with van der Waals surface area (Å²) in [5.41, 5.74) is 3.77. The summed E-state index contributed by atoms with van der Waals surface area (Å²) in [7, 11) is 0. The summed E-state index contributed by atoms with van der Waals surface area (Å²) in [5.74, 6) is -0.239. The molecule has 0 fully saturated rings. The van der Waals surface area contributed by atoms with E-state index in [1.165, 1.54) is 17.4 Å². The Morgan fingerprint density at radius 3 is 2.58 bits per heavy atom. The van der Waals surface area contributed by atoms with Gasteiger partial charge in [0.1, 0.15) is 5.01 Å². The number of aromatic nitrogens is 4. The maximum Gasteiger partial charge on any atom is 0.250 e. The summed E-state index contributed by atoms with van der Waals surface area (Å²) < 4.78 is 1.88. The van der Waals surface area contributed by atoms with Crippen LogP contribution in [0.2, 0.25) is 0 Å². The quantitative estimate of drug-likeness (QED) is 0.740. The zero-order valence-electron chi connectivity index (χ0n) is 13.6. The van der Waals surface area contributed by atoms with E-state index >= 15 is 0 Å². The van der Waals surface area contributed by atoms with Gasteiger partial charge in [-0.15, -0.1) is 10.2 Å². The third-order valence-electron chi connectivity index (χ3n) is 3.51. The smallest absolute Gasteiger partial charge is 0.250 e. The van der Waals surface area contributed by atoms with Gasteiger partial charge in [-0.3, -0.25) is 10.1 Å². The fraction of sp³-hybridized carbons (Fsp3) is 0.176. The summed E-state index contributed by atoms with van der Waals surface area (Å²) in [5, 5.41) is 16.3. The van der Waals surface area contributed by atoms with Crippen LogP contribution < -0.4 is 5.32 Å². The Labute approximate surface area is 143 Å². The maximum absolute atomic E-state index is 12.0. The standard InChI is InChI=1S/C17H17N5OS/c1-11-15(9-10-16(23)18-17-20-19-13(3)24-17)12(2)22(21-11)14-7-5-4-6-8-14/h4-10H,1-3H3,(H,18,20,23)/b10-9+. The van der Waals surface area contributed by atoms with Crippen LogP contribution in [0.15, 0.2) is 36.4 Å². The topological polar surface area (TPSA) is 72.7 Å². The summed E-state index contributed by atoms with van der Waals surface area (Å²) >= 11 is 1.34. The van der Waals surface area contributed by atoms with E-state index in [0.29, 0.717) is 5.13 Å².